The number of halogens is 3. The monoisotopic (exact) mass is 644 g/mol. The van der Waals surface area contributed by atoms with E-state index in [-0.39, 0.29) is 29.4 Å². The van der Waals surface area contributed by atoms with Crippen LogP contribution in [0.15, 0.2) is 66.7 Å². The maximum atomic E-state index is 14.1. The lowest BCUT2D eigenvalue weighted by Gasteiger charge is -2.39. The van der Waals surface area contributed by atoms with Crippen LogP contribution in [0.1, 0.15) is 55.3 Å². The van der Waals surface area contributed by atoms with E-state index in [1.807, 2.05) is 6.07 Å². The zero-order valence-corrected chi connectivity index (χ0v) is 24.7. The molecule has 3 aromatic rings. The van der Waals surface area contributed by atoms with Gasteiger partial charge in [0.15, 0.2) is 5.60 Å². The summed E-state index contributed by atoms with van der Waals surface area (Å²) in [6.45, 7) is 2.55. The van der Waals surface area contributed by atoms with Crippen molar-refractivity contribution in [2.45, 2.75) is 55.8 Å². The number of carboxylic acids is 3. The van der Waals surface area contributed by atoms with Crippen LogP contribution in [0.3, 0.4) is 0 Å². The first-order valence-corrected chi connectivity index (χ1v) is 14.7. The van der Waals surface area contributed by atoms with E-state index in [4.69, 9.17) is 20.4 Å². The molecule has 2 aliphatic heterocycles. The molecule has 0 amide bonds. The number of anilines is 2. The van der Waals surface area contributed by atoms with Crippen LogP contribution in [0, 0.1) is 17.5 Å². The molecule has 1 saturated heterocycles. The molecule has 10 nitrogen and oxygen atoms in total. The number of aliphatic carboxylic acids is 3. The Hall–Kier alpha value is -4.46. The first kappa shape index (κ1) is 34.4. The number of nitrogens with zero attached hydrogens (tertiary/aromatic N) is 2. The Bertz CT molecular complexity index is 1520. The molecule has 13 heteroatoms. The van der Waals surface area contributed by atoms with Gasteiger partial charge in [-0.2, -0.15) is 0 Å². The molecule has 0 aromatic heterocycles. The van der Waals surface area contributed by atoms with Crippen molar-refractivity contribution in [3.8, 4) is 0 Å². The van der Waals surface area contributed by atoms with E-state index in [9.17, 15) is 32.7 Å². The Labute approximate surface area is 262 Å². The number of aliphatic hydroxyl groups is 2. The zero-order chi connectivity index (χ0) is 33.6. The van der Waals surface area contributed by atoms with Gasteiger partial charge >= 0.3 is 17.9 Å². The molecule has 1 unspecified atom stereocenters. The molecule has 246 valence electrons. The second-order valence-corrected chi connectivity index (χ2v) is 11.5. The van der Waals surface area contributed by atoms with Crippen molar-refractivity contribution >= 4 is 29.3 Å². The van der Waals surface area contributed by atoms with E-state index in [0.717, 1.165) is 55.0 Å². The summed E-state index contributed by atoms with van der Waals surface area (Å²) >= 11 is 0. The van der Waals surface area contributed by atoms with Crippen LogP contribution in [-0.2, 0) is 14.4 Å². The van der Waals surface area contributed by atoms with Crippen molar-refractivity contribution < 1.29 is 53.1 Å². The highest BCUT2D eigenvalue weighted by Crippen LogP contribution is 2.48. The fourth-order valence-electron chi connectivity index (χ4n) is 6.05. The van der Waals surface area contributed by atoms with Gasteiger partial charge in [0.25, 0.3) is 0 Å². The van der Waals surface area contributed by atoms with Gasteiger partial charge in [0, 0.05) is 36.4 Å². The number of carboxylic acid groups (broad SMARTS) is 3. The van der Waals surface area contributed by atoms with Gasteiger partial charge in [-0.25, -0.2) is 18.0 Å². The number of hydrogen-bond donors (Lipinski definition) is 5. The normalized spacial score (nSPS) is 18.2. The van der Waals surface area contributed by atoms with Gasteiger partial charge in [0.2, 0.25) is 0 Å². The molecule has 0 bridgehead atoms. The number of fused-ring (bicyclic) bond motifs is 3. The third-order valence-electron chi connectivity index (χ3n) is 8.24. The fraction of sp³-hybridized carbons (Fsp3) is 0.364. The molecular formula is C33H35F3N2O8. The molecule has 0 radical (unpaired) electrons. The Kier molecular flexibility index (Phi) is 11.0. The fourth-order valence-corrected chi connectivity index (χ4v) is 6.05. The Morgan fingerprint density at radius 2 is 1.41 bits per heavy atom. The Morgan fingerprint density at radius 1 is 0.848 bits per heavy atom. The molecule has 3 atom stereocenters. The molecule has 2 heterocycles. The van der Waals surface area contributed by atoms with Crippen molar-refractivity contribution in [1.29, 1.82) is 0 Å². The van der Waals surface area contributed by atoms with Crippen molar-refractivity contribution in [2.75, 3.05) is 24.5 Å². The van der Waals surface area contributed by atoms with Crippen molar-refractivity contribution in [2.24, 2.45) is 0 Å². The average Bonchev–Trinajstić information content (AvgIpc) is 3.30. The van der Waals surface area contributed by atoms with Gasteiger partial charge in [-0.3, -0.25) is 9.59 Å². The quantitative estimate of drug-likeness (QED) is 0.199. The third kappa shape index (κ3) is 8.42. The second-order valence-electron chi connectivity index (χ2n) is 11.5. The smallest absolute Gasteiger partial charge is 0.336 e. The van der Waals surface area contributed by atoms with Gasteiger partial charge in [-0.15, -0.1) is 0 Å². The zero-order valence-electron chi connectivity index (χ0n) is 24.7. The first-order chi connectivity index (χ1) is 21.8. The van der Waals surface area contributed by atoms with Crippen molar-refractivity contribution in [3.05, 3.63) is 95.3 Å². The highest BCUT2D eigenvalue weighted by atomic mass is 19.1. The SMILES string of the molecule is O=C(O)CC(O)(CC(=O)O)C(=O)O.OC(CCCN1CC[C@H]2[C@H](C1)c1cc(F)ccc1N2c1ccc(F)cc1)c1ccc(F)cc1. The van der Waals surface area contributed by atoms with E-state index in [1.54, 1.807) is 30.3 Å². The number of piperidine rings is 1. The topological polar surface area (TPSA) is 159 Å². The summed E-state index contributed by atoms with van der Waals surface area (Å²) in [5.74, 6) is -5.68. The molecule has 2 aliphatic rings. The van der Waals surface area contributed by atoms with E-state index >= 15 is 0 Å². The Balaban J connectivity index is 0.000000315. The summed E-state index contributed by atoms with van der Waals surface area (Å²) in [5, 5.41) is 44.2. The van der Waals surface area contributed by atoms with Crippen LogP contribution in [0.2, 0.25) is 0 Å². The lowest BCUT2D eigenvalue weighted by Crippen LogP contribution is -2.45. The minimum atomic E-state index is -2.74. The maximum Gasteiger partial charge on any atom is 0.336 e. The van der Waals surface area contributed by atoms with Gasteiger partial charge in [-0.1, -0.05) is 12.1 Å². The number of likely N-dealkylation sites (tertiary alicyclic amines) is 1. The lowest BCUT2D eigenvalue weighted by molar-refractivity contribution is -0.170. The first-order valence-electron chi connectivity index (χ1n) is 14.7. The number of hydrogen-bond acceptors (Lipinski definition) is 7. The summed E-state index contributed by atoms with van der Waals surface area (Å²) in [6, 6.07) is 17.6. The minimum absolute atomic E-state index is 0.163. The molecule has 1 fully saturated rings. The number of benzene rings is 3. The number of rotatable bonds is 11. The summed E-state index contributed by atoms with van der Waals surface area (Å²) in [5.41, 5.74) is 0.905. The molecule has 0 spiro atoms. The molecule has 5 N–H and O–H groups in total. The maximum absolute atomic E-state index is 14.1. The van der Waals surface area contributed by atoms with E-state index in [1.165, 1.54) is 30.3 Å². The average molecular weight is 645 g/mol. The molecule has 0 saturated carbocycles. The summed E-state index contributed by atoms with van der Waals surface area (Å²) in [7, 11) is 0. The van der Waals surface area contributed by atoms with E-state index in [0.29, 0.717) is 6.42 Å². The van der Waals surface area contributed by atoms with Crippen molar-refractivity contribution in [3.63, 3.8) is 0 Å². The van der Waals surface area contributed by atoms with Crippen LogP contribution >= 0.6 is 0 Å². The predicted octanol–water partition coefficient (Wildman–Crippen LogP) is 4.68. The van der Waals surface area contributed by atoms with Gasteiger partial charge in [-0.05, 0) is 91.5 Å². The second kappa shape index (κ2) is 14.8. The standard InChI is InChI=1S/C27H27F3N2O.C6H8O7/c28-19-5-3-18(4-6-19)27(33)2-1-14-31-15-13-26-24(17-31)23-16-21(30)9-12-25(23)32(26)22-10-7-20(29)8-11-22;7-3(8)1-6(13,5(11)12)2-4(9)10/h3-12,16,24,26-27,33H,1-2,13-15,17H2;13H,1-2H2,(H,7,8)(H,9,10)(H,11,12)/t24-,26+,27?;/m1./s1. The van der Waals surface area contributed by atoms with Crippen LogP contribution in [0.5, 0.6) is 0 Å². The molecule has 46 heavy (non-hydrogen) atoms. The molecular weight excluding hydrogens is 609 g/mol. The van der Waals surface area contributed by atoms with Crippen LogP contribution in [-0.4, -0.2) is 79.6 Å². The van der Waals surface area contributed by atoms with Gasteiger partial charge in [0.05, 0.1) is 18.9 Å². The van der Waals surface area contributed by atoms with E-state index in [2.05, 4.69) is 9.80 Å². The third-order valence-corrected chi connectivity index (χ3v) is 8.24. The van der Waals surface area contributed by atoms with Gasteiger partial charge in [0.1, 0.15) is 17.5 Å². The number of aliphatic hydroxyl groups excluding tert-OH is 1. The summed E-state index contributed by atoms with van der Waals surface area (Å²) in [6.07, 6.45) is -0.572. The van der Waals surface area contributed by atoms with Gasteiger partial charge < -0.3 is 35.3 Å². The van der Waals surface area contributed by atoms with Crippen LogP contribution in [0.25, 0.3) is 0 Å². The van der Waals surface area contributed by atoms with Crippen molar-refractivity contribution in [1.82, 2.24) is 4.90 Å². The van der Waals surface area contributed by atoms with E-state index < -0.39 is 42.5 Å². The van der Waals surface area contributed by atoms with Crippen LogP contribution in [0.4, 0.5) is 24.5 Å². The molecule has 5 rings (SSSR count). The summed E-state index contributed by atoms with van der Waals surface area (Å²) < 4.78 is 40.7. The number of carbonyl (C=O) groups is 3. The molecule has 3 aromatic carbocycles. The highest BCUT2D eigenvalue weighted by Gasteiger charge is 2.43. The summed E-state index contributed by atoms with van der Waals surface area (Å²) in [4.78, 5) is 35.1. The Morgan fingerprint density at radius 3 is 1.98 bits per heavy atom. The lowest BCUT2D eigenvalue weighted by atomic mass is 9.88. The highest BCUT2D eigenvalue weighted by molar-refractivity contribution is 5.88. The largest absolute Gasteiger partial charge is 0.481 e. The molecule has 0 aliphatic carbocycles. The predicted molar refractivity (Wildman–Crippen MR) is 160 cm³/mol. The van der Waals surface area contributed by atoms with Crippen LogP contribution < -0.4 is 4.90 Å². The minimum Gasteiger partial charge on any atom is -0.481 e.